The number of nitrogens with zero attached hydrogens (tertiary/aromatic N) is 3. The number of carbonyl (C=O) groups is 1. The molecule has 2 N–H and O–H groups in total. The number of fused-ring (bicyclic) bond motifs is 2. The minimum atomic E-state index is -0.971. The van der Waals surface area contributed by atoms with E-state index in [2.05, 4.69) is 9.97 Å². The number of benzene rings is 3. The van der Waals surface area contributed by atoms with Gasteiger partial charge in [0.1, 0.15) is 5.82 Å². The summed E-state index contributed by atoms with van der Waals surface area (Å²) < 4.78 is 3.41. The summed E-state index contributed by atoms with van der Waals surface area (Å²) in [4.78, 5) is 32.2. The Bertz CT molecular complexity index is 1410. The summed E-state index contributed by atoms with van der Waals surface area (Å²) in [7, 11) is 0. The first-order valence-electron chi connectivity index (χ1n) is 9.54. The lowest BCUT2D eigenvalue weighted by Gasteiger charge is -2.04. The van der Waals surface area contributed by atoms with E-state index in [4.69, 9.17) is 5.11 Å². The van der Waals surface area contributed by atoms with E-state index in [1.54, 1.807) is 33.4 Å². The Balaban J connectivity index is 1.55. The highest BCUT2D eigenvalue weighted by atomic mass is 16.4. The average Bonchev–Trinajstić information content (AvgIpc) is 3.28. The first kappa shape index (κ1) is 17.9. The summed E-state index contributed by atoms with van der Waals surface area (Å²) in [6.07, 6.45) is 0. The van der Waals surface area contributed by atoms with E-state index >= 15 is 0 Å². The third-order valence-electron chi connectivity index (χ3n) is 5.21. The van der Waals surface area contributed by atoms with Crippen molar-refractivity contribution in [2.24, 2.45) is 0 Å². The number of aromatic nitrogens is 4. The number of aromatic carboxylic acids is 1. The van der Waals surface area contributed by atoms with Crippen molar-refractivity contribution in [2.75, 3.05) is 0 Å². The number of imidazole rings is 2. The molecule has 0 atom stereocenters. The molecule has 0 saturated heterocycles. The number of H-pyrrole nitrogens is 1. The molecule has 2 heterocycles. The van der Waals surface area contributed by atoms with Crippen molar-refractivity contribution < 1.29 is 9.90 Å². The van der Waals surface area contributed by atoms with Crippen LogP contribution in [-0.2, 0) is 13.1 Å². The van der Waals surface area contributed by atoms with Crippen LogP contribution in [0, 0.1) is 0 Å². The van der Waals surface area contributed by atoms with E-state index in [9.17, 15) is 9.59 Å². The minimum Gasteiger partial charge on any atom is -0.478 e. The Morgan fingerprint density at radius 1 is 0.867 bits per heavy atom. The zero-order chi connectivity index (χ0) is 20.7. The predicted molar refractivity (Wildman–Crippen MR) is 114 cm³/mol. The van der Waals surface area contributed by atoms with Gasteiger partial charge in [-0.15, -0.1) is 0 Å². The largest absolute Gasteiger partial charge is 0.478 e. The molecule has 0 radical (unpaired) electrons. The highest BCUT2D eigenvalue weighted by Crippen LogP contribution is 2.17. The lowest BCUT2D eigenvalue weighted by Crippen LogP contribution is -2.25. The SMILES string of the molecule is O=C(O)c1ccc(Cn2c(=O)n(Cc3nc4ccccc4[nH]3)c3ccccc32)cc1. The molecule has 0 amide bonds. The normalized spacial score (nSPS) is 11.3. The fraction of sp³-hybridized carbons (Fsp3) is 0.0870. The van der Waals surface area contributed by atoms with Crippen LogP contribution in [0.15, 0.2) is 77.6 Å². The number of rotatable bonds is 5. The van der Waals surface area contributed by atoms with Crippen LogP contribution in [0.5, 0.6) is 0 Å². The molecule has 2 aromatic heterocycles. The molecular weight excluding hydrogens is 380 g/mol. The molecule has 0 unspecified atom stereocenters. The number of hydrogen-bond acceptors (Lipinski definition) is 3. The topological polar surface area (TPSA) is 92.9 Å². The maximum atomic E-state index is 13.3. The summed E-state index contributed by atoms with van der Waals surface area (Å²) in [5, 5.41) is 9.08. The van der Waals surface area contributed by atoms with E-state index in [0.29, 0.717) is 18.9 Å². The highest BCUT2D eigenvalue weighted by molar-refractivity contribution is 5.87. The quantitative estimate of drug-likeness (QED) is 0.474. The third kappa shape index (κ3) is 3.06. The number of nitrogens with one attached hydrogen (secondary N) is 1. The van der Waals surface area contributed by atoms with Gasteiger partial charge in [0.25, 0.3) is 0 Å². The Morgan fingerprint density at radius 2 is 1.50 bits per heavy atom. The van der Waals surface area contributed by atoms with Crippen molar-refractivity contribution in [3.63, 3.8) is 0 Å². The van der Waals surface area contributed by atoms with Gasteiger partial charge in [0.05, 0.1) is 40.7 Å². The summed E-state index contributed by atoms with van der Waals surface area (Å²) >= 11 is 0. The van der Waals surface area contributed by atoms with Crippen LogP contribution in [0.4, 0.5) is 0 Å². The van der Waals surface area contributed by atoms with Crippen molar-refractivity contribution >= 4 is 28.0 Å². The van der Waals surface area contributed by atoms with Crippen LogP contribution in [0.3, 0.4) is 0 Å². The second-order valence-electron chi connectivity index (χ2n) is 7.15. The molecule has 0 fully saturated rings. The predicted octanol–water partition coefficient (Wildman–Crippen LogP) is 3.47. The molecule has 3 aromatic carbocycles. The van der Waals surface area contributed by atoms with Gasteiger partial charge < -0.3 is 10.1 Å². The number of aromatic amines is 1. The van der Waals surface area contributed by atoms with Gasteiger partial charge in [0, 0.05) is 0 Å². The van der Waals surface area contributed by atoms with Crippen molar-refractivity contribution in [3.8, 4) is 0 Å². The summed E-state index contributed by atoms with van der Waals surface area (Å²) in [6.45, 7) is 0.686. The van der Waals surface area contributed by atoms with Gasteiger partial charge in [-0.05, 0) is 42.0 Å². The monoisotopic (exact) mass is 398 g/mol. The molecule has 7 heteroatoms. The molecule has 7 nitrogen and oxygen atoms in total. The van der Waals surface area contributed by atoms with Crippen molar-refractivity contribution in [3.05, 3.63) is 100 Å². The Hall–Kier alpha value is -4.13. The van der Waals surface area contributed by atoms with Crippen LogP contribution in [0.25, 0.3) is 22.1 Å². The number of para-hydroxylation sites is 4. The van der Waals surface area contributed by atoms with Gasteiger partial charge in [0.15, 0.2) is 0 Å². The Labute approximate surface area is 170 Å². The van der Waals surface area contributed by atoms with Crippen LogP contribution >= 0.6 is 0 Å². The van der Waals surface area contributed by atoms with Gasteiger partial charge in [-0.25, -0.2) is 14.6 Å². The number of carboxylic acids is 1. The van der Waals surface area contributed by atoms with Crippen LogP contribution in [-0.4, -0.2) is 30.2 Å². The molecule has 5 rings (SSSR count). The summed E-state index contributed by atoms with van der Waals surface area (Å²) in [5.41, 5.74) is 4.38. The van der Waals surface area contributed by atoms with Gasteiger partial charge in [-0.1, -0.05) is 36.4 Å². The van der Waals surface area contributed by atoms with Crippen molar-refractivity contribution in [1.29, 1.82) is 0 Å². The Kier molecular flexibility index (Phi) is 4.21. The standard InChI is InChI=1S/C23H18N4O3/c28-22(29)16-11-9-15(10-12-16)13-26-19-7-3-4-8-20(19)27(23(26)30)14-21-24-17-5-1-2-6-18(17)25-21/h1-12H,13-14H2,(H,24,25)(H,28,29). The minimum absolute atomic E-state index is 0.140. The molecule has 0 aliphatic carbocycles. The highest BCUT2D eigenvalue weighted by Gasteiger charge is 2.15. The van der Waals surface area contributed by atoms with Crippen molar-refractivity contribution in [2.45, 2.75) is 13.1 Å². The number of hydrogen-bond donors (Lipinski definition) is 2. The average molecular weight is 398 g/mol. The van der Waals surface area contributed by atoms with Crippen LogP contribution in [0.2, 0.25) is 0 Å². The smallest absolute Gasteiger partial charge is 0.335 e. The number of carboxylic acid groups (broad SMARTS) is 1. The molecule has 0 spiro atoms. The summed E-state index contributed by atoms with van der Waals surface area (Å²) in [5.74, 6) is -0.256. The van der Waals surface area contributed by atoms with E-state index in [-0.39, 0.29) is 11.3 Å². The fourth-order valence-corrected chi connectivity index (χ4v) is 3.74. The van der Waals surface area contributed by atoms with Crippen LogP contribution < -0.4 is 5.69 Å². The zero-order valence-corrected chi connectivity index (χ0v) is 15.9. The van der Waals surface area contributed by atoms with Gasteiger partial charge in [-0.2, -0.15) is 0 Å². The van der Waals surface area contributed by atoms with Gasteiger partial charge >= 0.3 is 11.7 Å². The maximum absolute atomic E-state index is 13.3. The molecule has 30 heavy (non-hydrogen) atoms. The second-order valence-corrected chi connectivity index (χ2v) is 7.15. The van der Waals surface area contributed by atoms with E-state index in [1.807, 2.05) is 48.5 Å². The van der Waals surface area contributed by atoms with E-state index in [1.165, 1.54) is 0 Å². The zero-order valence-electron chi connectivity index (χ0n) is 15.9. The van der Waals surface area contributed by atoms with Gasteiger partial charge in [0.2, 0.25) is 0 Å². The molecule has 0 saturated carbocycles. The molecule has 5 aromatic rings. The third-order valence-corrected chi connectivity index (χ3v) is 5.21. The molecule has 0 aliphatic rings. The maximum Gasteiger partial charge on any atom is 0.335 e. The lowest BCUT2D eigenvalue weighted by atomic mass is 10.1. The first-order chi connectivity index (χ1) is 14.6. The van der Waals surface area contributed by atoms with Crippen LogP contribution in [0.1, 0.15) is 21.7 Å². The van der Waals surface area contributed by atoms with E-state index < -0.39 is 5.97 Å². The Morgan fingerprint density at radius 3 is 2.17 bits per heavy atom. The first-order valence-corrected chi connectivity index (χ1v) is 9.54. The summed E-state index contributed by atoms with van der Waals surface area (Å²) in [6, 6.07) is 22.0. The second kappa shape index (κ2) is 7.04. The van der Waals surface area contributed by atoms with E-state index in [0.717, 1.165) is 27.6 Å². The molecule has 0 bridgehead atoms. The molecule has 0 aliphatic heterocycles. The molecular formula is C23H18N4O3. The van der Waals surface area contributed by atoms with Gasteiger partial charge in [-0.3, -0.25) is 9.13 Å². The molecule has 148 valence electrons. The fourth-order valence-electron chi connectivity index (χ4n) is 3.74. The lowest BCUT2D eigenvalue weighted by molar-refractivity contribution is 0.0697. The van der Waals surface area contributed by atoms with Crippen molar-refractivity contribution in [1.82, 2.24) is 19.1 Å².